The van der Waals surface area contributed by atoms with Crippen LogP contribution < -0.4 is 5.32 Å². The first-order valence-electron chi connectivity index (χ1n) is 4.66. The Labute approximate surface area is 97.2 Å². The van der Waals surface area contributed by atoms with Crippen LogP contribution in [-0.2, 0) is 0 Å². The molecule has 0 atom stereocenters. The average molecular weight is 276 g/mol. The Kier molecular flexibility index (Phi) is 5.25. The molecule has 1 N–H and O–H groups in total. The van der Waals surface area contributed by atoms with Crippen LogP contribution in [0.4, 0.5) is 5.82 Å². The van der Waals surface area contributed by atoms with E-state index in [2.05, 4.69) is 38.1 Å². The number of hydrogen-bond donors (Lipinski definition) is 1. The van der Waals surface area contributed by atoms with E-state index < -0.39 is 0 Å². The summed E-state index contributed by atoms with van der Waals surface area (Å²) in [5, 5.41) is 4.19. The van der Waals surface area contributed by atoms with Gasteiger partial charge < -0.3 is 5.32 Å². The van der Waals surface area contributed by atoms with Crippen molar-refractivity contribution in [2.75, 3.05) is 17.6 Å². The number of rotatable bonds is 5. The second-order valence-corrected chi connectivity index (χ2v) is 4.60. The average Bonchev–Trinajstić information content (AvgIpc) is 2.20. The summed E-state index contributed by atoms with van der Waals surface area (Å²) in [5.41, 5.74) is 0. The van der Waals surface area contributed by atoms with Crippen molar-refractivity contribution in [2.45, 2.75) is 25.3 Å². The Morgan fingerprint density at radius 2 is 2.21 bits per heavy atom. The van der Waals surface area contributed by atoms with E-state index in [1.54, 1.807) is 18.1 Å². The van der Waals surface area contributed by atoms with Crippen LogP contribution in [0.3, 0.4) is 0 Å². The lowest BCUT2D eigenvalue weighted by atomic mass is 10.5. The van der Waals surface area contributed by atoms with E-state index in [9.17, 15) is 0 Å². The lowest BCUT2D eigenvalue weighted by Gasteiger charge is -2.07. The quantitative estimate of drug-likeness (QED) is 0.662. The molecule has 14 heavy (non-hydrogen) atoms. The molecule has 1 aromatic rings. The third kappa shape index (κ3) is 3.13. The van der Waals surface area contributed by atoms with Gasteiger partial charge in [-0.3, -0.25) is 0 Å². The van der Waals surface area contributed by atoms with Gasteiger partial charge in [0.25, 0.3) is 0 Å². The van der Waals surface area contributed by atoms with E-state index >= 15 is 0 Å². The molecule has 0 bridgehead atoms. The number of hydrogen-bond acceptors (Lipinski definition) is 4. The molecule has 0 aliphatic carbocycles. The first kappa shape index (κ1) is 11.8. The predicted octanol–water partition coefficient (Wildman–Crippen LogP) is 3.17. The molecule has 0 aliphatic rings. The van der Waals surface area contributed by atoms with Gasteiger partial charge in [0.1, 0.15) is 17.2 Å². The van der Waals surface area contributed by atoms with Gasteiger partial charge in [-0.15, -0.1) is 11.8 Å². The van der Waals surface area contributed by atoms with Gasteiger partial charge in [-0.2, -0.15) is 0 Å². The van der Waals surface area contributed by atoms with Crippen LogP contribution in [0, 0.1) is 0 Å². The van der Waals surface area contributed by atoms with Gasteiger partial charge in [-0.05, 0) is 35.0 Å². The molecule has 0 fully saturated rings. The molecule has 0 amide bonds. The summed E-state index contributed by atoms with van der Waals surface area (Å²) in [6.45, 7) is 5.08. The molecule has 3 nitrogen and oxygen atoms in total. The molecule has 0 saturated carbocycles. The van der Waals surface area contributed by atoms with Crippen LogP contribution in [0.5, 0.6) is 0 Å². The molecule has 5 heteroatoms. The van der Waals surface area contributed by atoms with Crippen molar-refractivity contribution >= 4 is 33.5 Å². The number of halogens is 1. The van der Waals surface area contributed by atoms with E-state index in [0.717, 1.165) is 34.0 Å². The zero-order valence-electron chi connectivity index (χ0n) is 8.38. The maximum atomic E-state index is 4.22. The molecule has 1 aromatic heterocycles. The monoisotopic (exact) mass is 275 g/mol. The van der Waals surface area contributed by atoms with Crippen molar-refractivity contribution in [1.82, 2.24) is 9.97 Å². The second kappa shape index (κ2) is 6.24. The van der Waals surface area contributed by atoms with E-state index in [-0.39, 0.29) is 0 Å². The zero-order valence-corrected chi connectivity index (χ0v) is 10.8. The maximum Gasteiger partial charge on any atom is 0.144 e. The van der Waals surface area contributed by atoms with E-state index in [4.69, 9.17) is 0 Å². The molecule has 0 spiro atoms. The van der Waals surface area contributed by atoms with Crippen molar-refractivity contribution in [3.8, 4) is 0 Å². The van der Waals surface area contributed by atoms with Gasteiger partial charge in [0, 0.05) is 6.54 Å². The van der Waals surface area contributed by atoms with Crippen molar-refractivity contribution < 1.29 is 0 Å². The van der Waals surface area contributed by atoms with Gasteiger partial charge in [0.2, 0.25) is 0 Å². The smallest absolute Gasteiger partial charge is 0.144 e. The SMILES string of the molecule is CCCSc1ncnc(NCC)c1Br. The van der Waals surface area contributed by atoms with Gasteiger partial charge >= 0.3 is 0 Å². The van der Waals surface area contributed by atoms with Crippen molar-refractivity contribution in [3.05, 3.63) is 10.8 Å². The van der Waals surface area contributed by atoms with Crippen molar-refractivity contribution in [2.24, 2.45) is 0 Å². The third-order valence-electron chi connectivity index (χ3n) is 1.54. The first-order chi connectivity index (χ1) is 6.79. The highest BCUT2D eigenvalue weighted by atomic mass is 79.9. The largest absolute Gasteiger partial charge is 0.369 e. The summed E-state index contributed by atoms with van der Waals surface area (Å²) in [6, 6.07) is 0. The fourth-order valence-electron chi connectivity index (χ4n) is 0.944. The summed E-state index contributed by atoms with van der Waals surface area (Å²) in [5.74, 6) is 1.96. The number of nitrogens with zero attached hydrogens (tertiary/aromatic N) is 2. The Balaban J connectivity index is 2.78. The second-order valence-electron chi connectivity index (χ2n) is 2.72. The van der Waals surface area contributed by atoms with Crippen molar-refractivity contribution in [3.63, 3.8) is 0 Å². The van der Waals surface area contributed by atoms with E-state index in [1.165, 1.54) is 0 Å². The minimum Gasteiger partial charge on any atom is -0.369 e. The Morgan fingerprint density at radius 1 is 1.43 bits per heavy atom. The normalized spacial score (nSPS) is 10.2. The minimum atomic E-state index is 0.869. The lowest BCUT2D eigenvalue weighted by molar-refractivity contribution is 1.00. The number of nitrogens with one attached hydrogen (secondary N) is 1. The Morgan fingerprint density at radius 3 is 2.86 bits per heavy atom. The van der Waals surface area contributed by atoms with Crippen LogP contribution in [0.1, 0.15) is 20.3 Å². The summed E-state index contributed by atoms with van der Waals surface area (Å²) >= 11 is 5.25. The molecule has 0 aliphatic heterocycles. The van der Waals surface area contributed by atoms with Gasteiger partial charge in [0.15, 0.2) is 0 Å². The zero-order chi connectivity index (χ0) is 10.4. The molecule has 0 radical (unpaired) electrons. The molecule has 0 unspecified atom stereocenters. The van der Waals surface area contributed by atoms with Gasteiger partial charge in [-0.25, -0.2) is 9.97 Å². The third-order valence-corrected chi connectivity index (χ3v) is 3.75. The van der Waals surface area contributed by atoms with Gasteiger partial charge in [0.05, 0.1) is 4.47 Å². The summed E-state index contributed by atoms with van der Waals surface area (Å²) in [4.78, 5) is 8.38. The number of aromatic nitrogens is 2. The molecule has 1 heterocycles. The molecular weight excluding hydrogens is 262 g/mol. The fourth-order valence-corrected chi connectivity index (χ4v) is 2.37. The molecule has 0 saturated heterocycles. The fraction of sp³-hybridized carbons (Fsp3) is 0.556. The van der Waals surface area contributed by atoms with Gasteiger partial charge in [-0.1, -0.05) is 6.92 Å². The van der Waals surface area contributed by atoms with E-state index in [1.807, 2.05) is 6.92 Å². The summed E-state index contributed by atoms with van der Waals surface area (Å²) < 4.78 is 0.973. The molecular formula is C9H14BrN3S. The standard InChI is InChI=1S/C9H14BrN3S/c1-3-5-14-9-7(10)8(11-4-2)12-6-13-9/h6H,3-5H2,1-2H3,(H,11,12,13). The summed E-state index contributed by atoms with van der Waals surface area (Å²) in [6.07, 6.45) is 2.75. The van der Waals surface area contributed by atoms with Crippen molar-refractivity contribution in [1.29, 1.82) is 0 Å². The van der Waals surface area contributed by atoms with Crippen LogP contribution in [0.25, 0.3) is 0 Å². The lowest BCUT2D eigenvalue weighted by Crippen LogP contribution is -2.01. The minimum absolute atomic E-state index is 0.869. The van der Waals surface area contributed by atoms with Crippen LogP contribution >= 0.6 is 27.7 Å². The topological polar surface area (TPSA) is 37.8 Å². The molecule has 0 aromatic carbocycles. The first-order valence-corrected chi connectivity index (χ1v) is 6.44. The number of thioether (sulfide) groups is 1. The van der Waals surface area contributed by atoms with E-state index in [0.29, 0.717) is 0 Å². The van der Waals surface area contributed by atoms with Crippen LogP contribution in [0.15, 0.2) is 15.8 Å². The highest BCUT2D eigenvalue weighted by molar-refractivity contribution is 9.10. The Hall–Kier alpha value is -0.290. The Bertz CT molecular complexity index is 293. The highest BCUT2D eigenvalue weighted by Gasteiger charge is 2.07. The highest BCUT2D eigenvalue weighted by Crippen LogP contribution is 2.30. The predicted molar refractivity (Wildman–Crippen MR) is 64.9 cm³/mol. The van der Waals surface area contributed by atoms with Crippen LogP contribution in [-0.4, -0.2) is 22.3 Å². The maximum absolute atomic E-state index is 4.22. The molecule has 1 rings (SSSR count). The van der Waals surface area contributed by atoms with Crippen LogP contribution in [0.2, 0.25) is 0 Å². The number of anilines is 1. The summed E-state index contributed by atoms with van der Waals surface area (Å²) in [7, 11) is 0. The molecule has 78 valence electrons.